The van der Waals surface area contributed by atoms with Gasteiger partial charge in [-0.2, -0.15) is 0 Å². The molecule has 76 valence electrons. The lowest BCUT2D eigenvalue weighted by molar-refractivity contribution is 1.05. The Balaban J connectivity index is 2.22. The van der Waals surface area contributed by atoms with Gasteiger partial charge in [-0.05, 0) is 46.9 Å². The van der Waals surface area contributed by atoms with Crippen molar-refractivity contribution in [1.82, 2.24) is 10.2 Å². The van der Waals surface area contributed by atoms with Crippen molar-refractivity contribution in [2.45, 2.75) is 0 Å². The number of anilines is 3. The zero-order valence-electron chi connectivity index (χ0n) is 7.81. The maximum Gasteiger partial charge on any atom is 0.153 e. The van der Waals surface area contributed by atoms with E-state index < -0.39 is 0 Å². The highest BCUT2D eigenvalue weighted by molar-refractivity contribution is 14.1. The molecular weight excluding hydrogens is 303 g/mol. The Labute approximate surface area is 101 Å². The summed E-state index contributed by atoms with van der Waals surface area (Å²) in [5, 5.41) is 10.9. The van der Waals surface area contributed by atoms with Crippen LogP contribution in [0.5, 0.6) is 0 Å². The van der Waals surface area contributed by atoms with Crippen molar-refractivity contribution in [1.29, 1.82) is 0 Å². The minimum Gasteiger partial charge on any atom is -0.382 e. The van der Waals surface area contributed by atoms with Crippen molar-refractivity contribution >= 4 is 39.9 Å². The molecule has 0 aliphatic rings. The Morgan fingerprint density at radius 2 is 1.87 bits per heavy atom. The topological polar surface area (TPSA) is 63.8 Å². The molecule has 1 aromatic heterocycles. The molecule has 0 aliphatic carbocycles. The number of aromatic nitrogens is 2. The molecule has 0 fully saturated rings. The van der Waals surface area contributed by atoms with Gasteiger partial charge in [0.2, 0.25) is 0 Å². The van der Waals surface area contributed by atoms with E-state index in [1.807, 2.05) is 24.3 Å². The molecule has 0 radical (unpaired) electrons. The van der Waals surface area contributed by atoms with Crippen LogP contribution in [0.1, 0.15) is 0 Å². The van der Waals surface area contributed by atoms with E-state index in [-0.39, 0.29) is 0 Å². The average Bonchev–Trinajstić information content (AvgIpc) is 2.25. The molecule has 0 atom stereocenters. The molecule has 1 aromatic carbocycles. The number of nitrogens with two attached hydrogens (primary N) is 1. The first kappa shape index (κ1) is 10.2. The van der Waals surface area contributed by atoms with Gasteiger partial charge in [-0.3, -0.25) is 0 Å². The summed E-state index contributed by atoms with van der Waals surface area (Å²) in [6.07, 6.45) is 0. The molecule has 0 bridgehead atoms. The van der Waals surface area contributed by atoms with Crippen molar-refractivity contribution < 1.29 is 0 Å². The molecule has 4 nitrogen and oxygen atoms in total. The number of benzene rings is 1. The first-order chi connectivity index (χ1) is 7.25. The molecule has 2 rings (SSSR count). The van der Waals surface area contributed by atoms with Gasteiger partial charge in [0.25, 0.3) is 0 Å². The summed E-state index contributed by atoms with van der Waals surface area (Å²) in [4.78, 5) is 0. The Morgan fingerprint density at radius 3 is 2.53 bits per heavy atom. The molecule has 0 aliphatic heterocycles. The molecule has 3 N–H and O–H groups in total. The van der Waals surface area contributed by atoms with E-state index in [1.54, 1.807) is 12.1 Å². The van der Waals surface area contributed by atoms with Crippen LogP contribution in [0.4, 0.5) is 17.3 Å². The van der Waals surface area contributed by atoms with Gasteiger partial charge in [0.05, 0.1) is 5.69 Å². The fourth-order valence-electron chi connectivity index (χ4n) is 1.11. The van der Waals surface area contributed by atoms with Gasteiger partial charge in [-0.1, -0.05) is 12.1 Å². The van der Waals surface area contributed by atoms with Gasteiger partial charge in [0, 0.05) is 3.57 Å². The second kappa shape index (κ2) is 4.43. The molecular formula is C10H9IN4. The van der Waals surface area contributed by atoms with E-state index in [2.05, 4.69) is 38.1 Å². The van der Waals surface area contributed by atoms with E-state index in [0.717, 1.165) is 9.26 Å². The lowest BCUT2D eigenvalue weighted by Crippen LogP contribution is -1.98. The van der Waals surface area contributed by atoms with E-state index in [9.17, 15) is 0 Å². The van der Waals surface area contributed by atoms with Gasteiger partial charge < -0.3 is 11.1 Å². The fourth-order valence-corrected chi connectivity index (χ4v) is 1.63. The van der Waals surface area contributed by atoms with Gasteiger partial charge in [-0.25, -0.2) is 0 Å². The lowest BCUT2D eigenvalue weighted by atomic mass is 10.3. The number of nitrogens with one attached hydrogen (secondary N) is 1. The molecule has 0 unspecified atom stereocenters. The van der Waals surface area contributed by atoms with Crippen LogP contribution in [-0.4, -0.2) is 10.2 Å². The van der Waals surface area contributed by atoms with Crippen LogP contribution in [0.25, 0.3) is 0 Å². The van der Waals surface area contributed by atoms with Crippen molar-refractivity contribution in [2.24, 2.45) is 0 Å². The van der Waals surface area contributed by atoms with Crippen LogP contribution in [0, 0.1) is 3.57 Å². The molecule has 1 heterocycles. The maximum absolute atomic E-state index is 5.45. The minimum atomic E-state index is 0.420. The lowest BCUT2D eigenvalue weighted by Gasteiger charge is -2.06. The van der Waals surface area contributed by atoms with E-state index in [4.69, 9.17) is 5.73 Å². The van der Waals surface area contributed by atoms with Crippen LogP contribution in [0.3, 0.4) is 0 Å². The monoisotopic (exact) mass is 312 g/mol. The first-order valence-electron chi connectivity index (χ1n) is 4.36. The molecule has 2 aromatic rings. The SMILES string of the molecule is Nc1ccc(Nc2ccccc2I)nn1. The summed E-state index contributed by atoms with van der Waals surface area (Å²) in [7, 11) is 0. The highest BCUT2D eigenvalue weighted by atomic mass is 127. The van der Waals surface area contributed by atoms with Crippen LogP contribution in [-0.2, 0) is 0 Å². The fraction of sp³-hybridized carbons (Fsp3) is 0. The summed E-state index contributed by atoms with van der Waals surface area (Å²) >= 11 is 2.26. The summed E-state index contributed by atoms with van der Waals surface area (Å²) in [5.41, 5.74) is 6.46. The Morgan fingerprint density at radius 1 is 1.07 bits per heavy atom. The quantitative estimate of drug-likeness (QED) is 0.836. The van der Waals surface area contributed by atoms with Crippen molar-refractivity contribution in [3.63, 3.8) is 0 Å². The largest absolute Gasteiger partial charge is 0.382 e. The highest BCUT2D eigenvalue weighted by Crippen LogP contribution is 2.20. The molecule has 5 heteroatoms. The normalized spacial score (nSPS) is 9.93. The number of nitrogen functional groups attached to an aromatic ring is 1. The van der Waals surface area contributed by atoms with Crippen LogP contribution >= 0.6 is 22.6 Å². The molecule has 15 heavy (non-hydrogen) atoms. The highest BCUT2D eigenvalue weighted by Gasteiger charge is 1.99. The van der Waals surface area contributed by atoms with E-state index in [0.29, 0.717) is 11.6 Å². The van der Waals surface area contributed by atoms with Crippen molar-refractivity contribution in [3.05, 3.63) is 40.0 Å². The zero-order chi connectivity index (χ0) is 10.7. The smallest absolute Gasteiger partial charge is 0.153 e. The van der Waals surface area contributed by atoms with Gasteiger partial charge in [-0.15, -0.1) is 10.2 Å². The minimum absolute atomic E-state index is 0.420. The Kier molecular flexibility index (Phi) is 3.00. The third kappa shape index (κ3) is 2.56. The van der Waals surface area contributed by atoms with Crippen molar-refractivity contribution in [2.75, 3.05) is 11.1 Å². The molecule has 0 saturated carbocycles. The predicted molar refractivity (Wildman–Crippen MR) is 68.9 cm³/mol. The number of hydrogen-bond donors (Lipinski definition) is 2. The standard InChI is InChI=1S/C10H9IN4/c11-7-3-1-2-4-8(7)13-10-6-5-9(12)14-15-10/h1-6H,(H2,12,14)(H,13,15). The summed E-state index contributed by atoms with van der Waals surface area (Å²) in [5.74, 6) is 1.11. The first-order valence-corrected chi connectivity index (χ1v) is 5.44. The summed E-state index contributed by atoms with van der Waals surface area (Å²) in [6.45, 7) is 0. The summed E-state index contributed by atoms with van der Waals surface area (Å²) < 4.78 is 1.13. The van der Waals surface area contributed by atoms with Crippen molar-refractivity contribution in [3.8, 4) is 0 Å². The number of rotatable bonds is 2. The zero-order valence-corrected chi connectivity index (χ0v) is 9.97. The third-order valence-corrected chi connectivity index (χ3v) is 2.76. The van der Waals surface area contributed by atoms with Crippen LogP contribution < -0.4 is 11.1 Å². The molecule has 0 amide bonds. The van der Waals surface area contributed by atoms with Crippen LogP contribution in [0.2, 0.25) is 0 Å². The second-order valence-corrected chi connectivity index (χ2v) is 4.11. The van der Waals surface area contributed by atoms with Gasteiger partial charge >= 0.3 is 0 Å². The number of para-hydroxylation sites is 1. The van der Waals surface area contributed by atoms with Crippen LogP contribution in [0.15, 0.2) is 36.4 Å². The number of hydrogen-bond acceptors (Lipinski definition) is 4. The number of halogens is 1. The second-order valence-electron chi connectivity index (χ2n) is 2.95. The Hall–Kier alpha value is -1.37. The van der Waals surface area contributed by atoms with E-state index >= 15 is 0 Å². The number of nitrogens with zero attached hydrogens (tertiary/aromatic N) is 2. The molecule has 0 spiro atoms. The van der Waals surface area contributed by atoms with Gasteiger partial charge in [0.15, 0.2) is 5.82 Å². The Bertz CT molecular complexity index is 455. The van der Waals surface area contributed by atoms with Gasteiger partial charge in [0.1, 0.15) is 5.82 Å². The summed E-state index contributed by atoms with van der Waals surface area (Å²) in [6, 6.07) is 11.5. The average molecular weight is 312 g/mol. The molecule has 0 saturated heterocycles. The maximum atomic E-state index is 5.45. The predicted octanol–water partition coefficient (Wildman–Crippen LogP) is 2.41. The van der Waals surface area contributed by atoms with E-state index in [1.165, 1.54) is 0 Å². The third-order valence-electron chi connectivity index (χ3n) is 1.82.